The molecule has 23 heavy (non-hydrogen) atoms. The number of hydrogen-bond acceptors (Lipinski definition) is 4. The van der Waals surface area contributed by atoms with Gasteiger partial charge in [-0.25, -0.2) is 4.79 Å². The highest BCUT2D eigenvalue weighted by Gasteiger charge is 2.44. The van der Waals surface area contributed by atoms with Gasteiger partial charge in [-0.1, -0.05) is 12.1 Å². The zero-order valence-corrected chi connectivity index (χ0v) is 12.8. The van der Waals surface area contributed by atoms with Crippen LogP contribution in [0.25, 0.3) is 0 Å². The molecule has 6 nitrogen and oxygen atoms in total. The minimum Gasteiger partial charge on any atom is -0.493 e. The van der Waals surface area contributed by atoms with Gasteiger partial charge in [-0.3, -0.25) is 4.79 Å². The Kier molecular flexibility index (Phi) is 6.89. The first-order chi connectivity index (χ1) is 10.8. The molecule has 1 aromatic rings. The molecule has 1 aromatic carbocycles. The highest BCUT2D eigenvalue weighted by molar-refractivity contribution is 5.89. The number of ether oxygens (including phenoxy) is 2. The normalized spacial score (nSPS) is 12.5. The molecule has 0 fully saturated rings. The molecule has 128 valence electrons. The maximum Gasteiger partial charge on any atom is 0.353 e. The molecule has 0 bridgehead atoms. The van der Waals surface area contributed by atoms with E-state index in [1.807, 2.05) is 5.32 Å². The fourth-order valence-electron chi connectivity index (χ4n) is 1.87. The van der Waals surface area contributed by atoms with Gasteiger partial charge in [0, 0.05) is 20.1 Å². The van der Waals surface area contributed by atoms with E-state index in [1.165, 1.54) is 25.3 Å². The smallest absolute Gasteiger partial charge is 0.353 e. The van der Waals surface area contributed by atoms with E-state index in [0.717, 1.165) is 6.07 Å². The van der Waals surface area contributed by atoms with Crippen molar-refractivity contribution in [1.82, 2.24) is 5.32 Å². The predicted molar refractivity (Wildman–Crippen MR) is 77.6 cm³/mol. The standard InChI is InChI=1S/C15H19F2NO5/c1-3-23-12-7-5-4-6-10(12)15(16,17)14(21)18-11(13(19)20)8-9-22-2/h4-7,11H,3,8-9H2,1-2H3,(H,18,21)(H,19,20). The van der Waals surface area contributed by atoms with Crippen molar-refractivity contribution in [1.29, 1.82) is 0 Å². The Balaban J connectivity index is 2.98. The monoisotopic (exact) mass is 331 g/mol. The number of aliphatic carboxylic acids is 1. The summed E-state index contributed by atoms with van der Waals surface area (Å²) in [4.78, 5) is 22.9. The van der Waals surface area contributed by atoms with E-state index in [9.17, 15) is 18.4 Å². The Morgan fingerprint density at radius 1 is 1.35 bits per heavy atom. The number of halogens is 2. The molecule has 1 rings (SSSR count). The van der Waals surface area contributed by atoms with Crippen LogP contribution in [-0.2, 0) is 20.2 Å². The van der Waals surface area contributed by atoms with Crippen LogP contribution in [-0.4, -0.2) is 43.3 Å². The van der Waals surface area contributed by atoms with Crippen LogP contribution in [0.5, 0.6) is 5.75 Å². The molecule has 0 saturated carbocycles. The van der Waals surface area contributed by atoms with E-state index < -0.39 is 29.4 Å². The highest BCUT2D eigenvalue weighted by atomic mass is 19.3. The van der Waals surface area contributed by atoms with Gasteiger partial charge >= 0.3 is 11.9 Å². The Hall–Kier alpha value is -2.22. The third-order valence-electron chi connectivity index (χ3n) is 3.02. The Labute approximate surface area is 132 Å². The van der Waals surface area contributed by atoms with Gasteiger partial charge in [-0.05, 0) is 19.1 Å². The number of carboxylic acid groups (broad SMARTS) is 1. The first-order valence-electron chi connectivity index (χ1n) is 6.97. The number of para-hydroxylation sites is 1. The van der Waals surface area contributed by atoms with Gasteiger partial charge in [0.2, 0.25) is 0 Å². The van der Waals surface area contributed by atoms with Crippen molar-refractivity contribution >= 4 is 11.9 Å². The fourth-order valence-corrected chi connectivity index (χ4v) is 1.87. The van der Waals surface area contributed by atoms with Gasteiger partial charge in [0.05, 0.1) is 12.2 Å². The second kappa shape index (κ2) is 8.42. The number of benzene rings is 1. The molecule has 0 aliphatic heterocycles. The van der Waals surface area contributed by atoms with Crippen LogP contribution in [0.15, 0.2) is 24.3 Å². The van der Waals surface area contributed by atoms with Crippen LogP contribution in [0.3, 0.4) is 0 Å². The maximum atomic E-state index is 14.4. The van der Waals surface area contributed by atoms with Crippen LogP contribution < -0.4 is 10.1 Å². The predicted octanol–water partition coefficient (Wildman–Crippen LogP) is 1.78. The average molecular weight is 331 g/mol. The molecule has 0 radical (unpaired) electrons. The molecule has 0 heterocycles. The molecule has 0 aliphatic rings. The highest BCUT2D eigenvalue weighted by Crippen LogP contribution is 2.35. The number of carboxylic acids is 1. The lowest BCUT2D eigenvalue weighted by atomic mass is 10.1. The summed E-state index contributed by atoms with van der Waals surface area (Å²) in [6.07, 6.45) is -0.124. The lowest BCUT2D eigenvalue weighted by Gasteiger charge is -2.21. The summed E-state index contributed by atoms with van der Waals surface area (Å²) < 4.78 is 38.5. The Morgan fingerprint density at radius 2 is 2.00 bits per heavy atom. The molecular weight excluding hydrogens is 312 g/mol. The molecule has 1 unspecified atom stereocenters. The molecule has 0 spiro atoms. The largest absolute Gasteiger partial charge is 0.493 e. The van der Waals surface area contributed by atoms with E-state index in [-0.39, 0.29) is 25.4 Å². The number of hydrogen-bond donors (Lipinski definition) is 2. The van der Waals surface area contributed by atoms with Crippen LogP contribution in [0.4, 0.5) is 8.78 Å². The quantitative estimate of drug-likeness (QED) is 0.720. The van der Waals surface area contributed by atoms with E-state index in [1.54, 1.807) is 6.92 Å². The summed E-state index contributed by atoms with van der Waals surface area (Å²) in [6.45, 7) is 1.79. The molecule has 0 aromatic heterocycles. The van der Waals surface area contributed by atoms with Crippen molar-refractivity contribution in [2.24, 2.45) is 0 Å². The van der Waals surface area contributed by atoms with Crippen molar-refractivity contribution in [3.63, 3.8) is 0 Å². The first kappa shape index (κ1) is 18.8. The van der Waals surface area contributed by atoms with Crippen molar-refractivity contribution in [3.05, 3.63) is 29.8 Å². The lowest BCUT2D eigenvalue weighted by molar-refractivity contribution is -0.152. The third-order valence-corrected chi connectivity index (χ3v) is 3.02. The average Bonchev–Trinajstić information content (AvgIpc) is 2.51. The summed E-state index contributed by atoms with van der Waals surface area (Å²) >= 11 is 0. The van der Waals surface area contributed by atoms with Gasteiger partial charge in [-0.15, -0.1) is 0 Å². The Morgan fingerprint density at radius 3 is 2.57 bits per heavy atom. The molecule has 1 amide bonds. The van der Waals surface area contributed by atoms with Crippen molar-refractivity contribution in [2.75, 3.05) is 20.3 Å². The molecule has 0 aliphatic carbocycles. The second-order valence-corrected chi connectivity index (χ2v) is 4.65. The number of alkyl halides is 2. The molecule has 2 N–H and O–H groups in total. The van der Waals surface area contributed by atoms with Gasteiger partial charge in [-0.2, -0.15) is 8.78 Å². The van der Waals surface area contributed by atoms with Crippen LogP contribution >= 0.6 is 0 Å². The Bertz CT molecular complexity index is 550. The first-order valence-corrected chi connectivity index (χ1v) is 6.97. The zero-order chi connectivity index (χ0) is 17.5. The van der Waals surface area contributed by atoms with E-state index >= 15 is 0 Å². The maximum absolute atomic E-state index is 14.4. The van der Waals surface area contributed by atoms with Crippen molar-refractivity contribution < 1.29 is 33.0 Å². The molecular formula is C15H19F2NO5. The second-order valence-electron chi connectivity index (χ2n) is 4.65. The number of rotatable bonds is 9. The summed E-state index contributed by atoms with van der Waals surface area (Å²) in [5, 5.41) is 10.8. The van der Waals surface area contributed by atoms with Crippen LogP contribution in [0, 0.1) is 0 Å². The fraction of sp³-hybridized carbons (Fsp3) is 0.467. The number of carbonyl (C=O) groups is 2. The van der Waals surface area contributed by atoms with Crippen LogP contribution in [0.2, 0.25) is 0 Å². The topological polar surface area (TPSA) is 84.9 Å². The van der Waals surface area contributed by atoms with Gasteiger partial charge in [0.15, 0.2) is 0 Å². The van der Waals surface area contributed by atoms with Gasteiger partial charge < -0.3 is 19.9 Å². The number of nitrogens with one attached hydrogen (secondary N) is 1. The lowest BCUT2D eigenvalue weighted by Crippen LogP contribution is -2.47. The summed E-state index contributed by atoms with van der Waals surface area (Å²) in [6, 6.07) is 3.77. The minimum atomic E-state index is -3.92. The van der Waals surface area contributed by atoms with E-state index in [0.29, 0.717) is 0 Å². The van der Waals surface area contributed by atoms with Gasteiger partial charge in [0.25, 0.3) is 5.91 Å². The van der Waals surface area contributed by atoms with E-state index in [4.69, 9.17) is 14.6 Å². The van der Waals surface area contributed by atoms with Crippen LogP contribution in [0.1, 0.15) is 18.9 Å². The minimum absolute atomic E-state index is 0.0123. The summed E-state index contributed by atoms with van der Waals surface area (Å²) in [7, 11) is 1.34. The van der Waals surface area contributed by atoms with Gasteiger partial charge in [0.1, 0.15) is 11.8 Å². The molecule has 8 heteroatoms. The summed E-state index contributed by atoms with van der Waals surface area (Å²) in [5.41, 5.74) is -0.616. The zero-order valence-electron chi connectivity index (χ0n) is 12.8. The number of amides is 1. The molecule has 0 saturated heterocycles. The van der Waals surface area contributed by atoms with Crippen molar-refractivity contribution in [2.45, 2.75) is 25.3 Å². The third kappa shape index (κ3) is 4.88. The summed E-state index contributed by atoms with van der Waals surface area (Å²) in [5.74, 6) is -7.16. The molecule has 1 atom stereocenters. The van der Waals surface area contributed by atoms with E-state index in [2.05, 4.69) is 0 Å². The van der Waals surface area contributed by atoms with Crippen molar-refractivity contribution in [3.8, 4) is 5.75 Å². The number of methoxy groups -OCH3 is 1. The number of carbonyl (C=O) groups excluding carboxylic acids is 1. The SMILES string of the molecule is CCOc1ccccc1C(F)(F)C(=O)NC(CCOC)C(=O)O.